The zero-order chi connectivity index (χ0) is 14.5. The summed E-state index contributed by atoms with van der Waals surface area (Å²) in [5.74, 6) is 0. The van der Waals surface area contributed by atoms with Gasteiger partial charge in [-0.25, -0.2) is 14.9 Å². The number of ether oxygens (including phenoxy) is 1. The van der Waals surface area contributed by atoms with Crippen LogP contribution >= 0.6 is 0 Å². The molecule has 0 unspecified atom stereocenters. The lowest BCUT2D eigenvalue weighted by Crippen LogP contribution is -2.19. The zero-order valence-corrected chi connectivity index (χ0v) is 11.1. The number of aromatic nitrogens is 2. The summed E-state index contributed by atoms with van der Waals surface area (Å²) in [6.07, 6.45) is 0.586. The average molecular weight is 274 g/mol. The van der Waals surface area contributed by atoms with E-state index in [1.807, 2.05) is 30.3 Å². The van der Waals surface area contributed by atoms with Crippen LogP contribution < -0.4 is 11.0 Å². The Bertz CT molecular complexity index is 685. The summed E-state index contributed by atoms with van der Waals surface area (Å²) in [4.78, 5) is 23.1. The van der Waals surface area contributed by atoms with E-state index < -0.39 is 6.09 Å². The van der Waals surface area contributed by atoms with Crippen LogP contribution in [0.15, 0.2) is 40.2 Å². The van der Waals surface area contributed by atoms with Gasteiger partial charge in [0.25, 0.3) is 5.56 Å². The fourth-order valence-corrected chi connectivity index (χ4v) is 1.67. The quantitative estimate of drug-likeness (QED) is 0.650. The van der Waals surface area contributed by atoms with Crippen molar-refractivity contribution in [3.63, 3.8) is 0 Å². The third kappa shape index (κ3) is 2.77. The molecular weight excluding hydrogens is 260 g/mol. The lowest BCUT2D eigenvalue weighted by Gasteiger charge is -1.99. The molecule has 7 nitrogen and oxygen atoms in total. The molecule has 0 radical (unpaired) electrons. The van der Waals surface area contributed by atoms with Crippen molar-refractivity contribution in [3.05, 3.63) is 51.9 Å². The molecule has 0 bridgehead atoms. The van der Waals surface area contributed by atoms with Crippen molar-refractivity contribution in [1.29, 1.82) is 0 Å². The normalized spacial score (nSPS) is 10.7. The largest absolute Gasteiger partial charge is 0.452 e. The standard InChI is InChI=1S/C13H14N4O3/c1-9-11(8-14-15-13(19)20-2)12(18)17(16-9)10-6-4-3-5-7-10/h3-8,16H,1-2H3,(H,15,19)/b14-8-. The molecule has 0 aliphatic rings. The molecular formula is C13H14N4O3. The molecule has 0 spiro atoms. The van der Waals surface area contributed by atoms with Gasteiger partial charge in [-0.2, -0.15) is 5.10 Å². The topological polar surface area (TPSA) is 88.5 Å². The first kappa shape index (κ1) is 13.6. The van der Waals surface area contributed by atoms with Gasteiger partial charge in [0.05, 0.1) is 24.6 Å². The number of carbonyl (C=O) groups is 1. The smallest absolute Gasteiger partial charge is 0.427 e. The van der Waals surface area contributed by atoms with Crippen LogP contribution in [-0.4, -0.2) is 29.2 Å². The van der Waals surface area contributed by atoms with Crippen molar-refractivity contribution in [2.24, 2.45) is 5.10 Å². The number of methoxy groups -OCH3 is 1. The highest BCUT2D eigenvalue weighted by Gasteiger charge is 2.10. The number of benzene rings is 1. The lowest BCUT2D eigenvalue weighted by atomic mass is 10.3. The predicted molar refractivity (Wildman–Crippen MR) is 74.3 cm³/mol. The Balaban J connectivity index is 2.31. The number of carbonyl (C=O) groups excluding carboxylic acids is 1. The third-order valence-electron chi connectivity index (χ3n) is 2.67. The van der Waals surface area contributed by atoms with Crippen molar-refractivity contribution in [2.45, 2.75) is 6.92 Å². The number of nitrogens with one attached hydrogen (secondary N) is 2. The SMILES string of the molecule is COC(=O)N/N=C\c1c(C)[nH]n(-c2ccccc2)c1=O. The molecule has 0 aliphatic heterocycles. The van der Waals surface area contributed by atoms with Crippen molar-refractivity contribution in [1.82, 2.24) is 15.2 Å². The molecule has 104 valence electrons. The van der Waals surface area contributed by atoms with E-state index in [0.717, 1.165) is 5.69 Å². The van der Waals surface area contributed by atoms with E-state index in [1.54, 1.807) is 6.92 Å². The van der Waals surface area contributed by atoms with E-state index in [4.69, 9.17) is 0 Å². The van der Waals surface area contributed by atoms with Crippen LogP contribution in [0.4, 0.5) is 4.79 Å². The van der Waals surface area contributed by atoms with Gasteiger partial charge < -0.3 is 4.74 Å². The maximum atomic E-state index is 12.2. The number of aromatic amines is 1. The average Bonchev–Trinajstić information content (AvgIpc) is 2.75. The Morgan fingerprint density at radius 3 is 2.75 bits per heavy atom. The molecule has 1 aromatic heterocycles. The predicted octanol–water partition coefficient (Wildman–Crippen LogP) is 1.16. The van der Waals surface area contributed by atoms with Crippen LogP contribution in [0.2, 0.25) is 0 Å². The number of hydrogen-bond acceptors (Lipinski definition) is 4. The summed E-state index contributed by atoms with van der Waals surface area (Å²) in [6.45, 7) is 1.75. The Morgan fingerprint density at radius 2 is 2.10 bits per heavy atom. The highest BCUT2D eigenvalue weighted by Crippen LogP contribution is 2.05. The van der Waals surface area contributed by atoms with Crippen molar-refractivity contribution < 1.29 is 9.53 Å². The summed E-state index contributed by atoms with van der Waals surface area (Å²) >= 11 is 0. The van der Waals surface area contributed by atoms with Gasteiger partial charge in [0.1, 0.15) is 0 Å². The summed E-state index contributed by atoms with van der Waals surface area (Å²) < 4.78 is 5.78. The van der Waals surface area contributed by atoms with Gasteiger partial charge in [-0.15, -0.1) is 0 Å². The molecule has 2 aromatic rings. The van der Waals surface area contributed by atoms with Crippen molar-refractivity contribution in [2.75, 3.05) is 7.11 Å². The van der Waals surface area contributed by atoms with E-state index in [0.29, 0.717) is 11.3 Å². The Morgan fingerprint density at radius 1 is 1.40 bits per heavy atom. The van der Waals surface area contributed by atoms with E-state index in [1.165, 1.54) is 18.0 Å². The van der Waals surface area contributed by atoms with E-state index in [-0.39, 0.29) is 5.56 Å². The van der Waals surface area contributed by atoms with Crippen LogP contribution in [0.1, 0.15) is 11.3 Å². The first-order valence-corrected chi connectivity index (χ1v) is 5.87. The number of amides is 1. The lowest BCUT2D eigenvalue weighted by molar-refractivity contribution is 0.171. The molecule has 20 heavy (non-hydrogen) atoms. The van der Waals surface area contributed by atoms with E-state index in [9.17, 15) is 9.59 Å². The number of aryl methyl sites for hydroxylation is 1. The van der Waals surface area contributed by atoms with Crippen LogP contribution in [0.25, 0.3) is 5.69 Å². The Hall–Kier alpha value is -2.83. The molecule has 1 heterocycles. The molecule has 0 saturated heterocycles. The Kier molecular flexibility index (Phi) is 3.99. The van der Waals surface area contributed by atoms with Gasteiger partial charge in [-0.1, -0.05) is 18.2 Å². The van der Waals surface area contributed by atoms with Crippen LogP contribution in [0, 0.1) is 6.92 Å². The fourth-order valence-electron chi connectivity index (χ4n) is 1.67. The number of hydrazone groups is 1. The van der Waals surface area contributed by atoms with Gasteiger partial charge in [-0.3, -0.25) is 9.89 Å². The second kappa shape index (κ2) is 5.87. The summed E-state index contributed by atoms with van der Waals surface area (Å²) in [7, 11) is 1.23. The maximum absolute atomic E-state index is 12.2. The monoisotopic (exact) mass is 274 g/mol. The van der Waals surface area contributed by atoms with Crippen LogP contribution in [0.5, 0.6) is 0 Å². The summed E-state index contributed by atoms with van der Waals surface area (Å²) in [5, 5.41) is 6.61. The third-order valence-corrected chi connectivity index (χ3v) is 2.67. The first-order valence-electron chi connectivity index (χ1n) is 5.87. The minimum absolute atomic E-state index is 0.246. The highest BCUT2D eigenvalue weighted by molar-refractivity contribution is 5.81. The second-order valence-corrected chi connectivity index (χ2v) is 3.99. The number of rotatable bonds is 3. The van der Waals surface area contributed by atoms with Gasteiger partial charge in [-0.05, 0) is 19.1 Å². The minimum atomic E-state index is -0.696. The number of para-hydroxylation sites is 1. The molecule has 1 aromatic carbocycles. The molecule has 2 rings (SSSR count). The van der Waals surface area contributed by atoms with E-state index in [2.05, 4.69) is 20.4 Å². The van der Waals surface area contributed by atoms with Gasteiger partial charge >= 0.3 is 6.09 Å². The highest BCUT2D eigenvalue weighted by atomic mass is 16.5. The van der Waals surface area contributed by atoms with E-state index >= 15 is 0 Å². The fraction of sp³-hybridized carbons (Fsp3) is 0.154. The summed E-state index contributed by atoms with van der Waals surface area (Å²) in [5.41, 5.74) is 3.62. The molecule has 0 fully saturated rings. The number of nitrogens with zero attached hydrogens (tertiary/aromatic N) is 2. The van der Waals surface area contributed by atoms with Crippen LogP contribution in [-0.2, 0) is 4.74 Å². The second-order valence-electron chi connectivity index (χ2n) is 3.99. The van der Waals surface area contributed by atoms with Gasteiger partial charge in [0, 0.05) is 5.69 Å². The summed E-state index contributed by atoms with van der Waals surface area (Å²) in [6, 6.07) is 9.16. The number of hydrogen-bond donors (Lipinski definition) is 2. The molecule has 0 saturated carbocycles. The van der Waals surface area contributed by atoms with Crippen molar-refractivity contribution >= 4 is 12.3 Å². The first-order chi connectivity index (χ1) is 9.63. The Labute approximate surface area is 114 Å². The number of H-pyrrole nitrogens is 1. The molecule has 0 atom stereocenters. The maximum Gasteiger partial charge on any atom is 0.427 e. The van der Waals surface area contributed by atoms with Gasteiger partial charge in [0.15, 0.2) is 0 Å². The van der Waals surface area contributed by atoms with Crippen LogP contribution in [0.3, 0.4) is 0 Å². The van der Waals surface area contributed by atoms with Crippen molar-refractivity contribution in [3.8, 4) is 5.69 Å². The zero-order valence-electron chi connectivity index (χ0n) is 11.1. The molecule has 7 heteroatoms. The van der Waals surface area contributed by atoms with Gasteiger partial charge in [0.2, 0.25) is 0 Å². The molecule has 0 aliphatic carbocycles. The minimum Gasteiger partial charge on any atom is -0.452 e. The molecule has 2 N–H and O–H groups in total. The molecule has 1 amide bonds.